The number of carboxylic acids is 1. The van der Waals surface area contributed by atoms with E-state index in [0.29, 0.717) is 31.8 Å². The number of nitrogens with one attached hydrogen (secondary N) is 1. The van der Waals surface area contributed by atoms with Crippen LogP contribution in [0.2, 0.25) is 0 Å². The monoisotopic (exact) mass is 284 g/mol. The van der Waals surface area contributed by atoms with E-state index >= 15 is 0 Å². The van der Waals surface area contributed by atoms with Gasteiger partial charge in [0.2, 0.25) is 0 Å². The van der Waals surface area contributed by atoms with Gasteiger partial charge in [0.25, 0.3) is 0 Å². The Balaban J connectivity index is 2.71. The average molecular weight is 284 g/mol. The summed E-state index contributed by atoms with van der Waals surface area (Å²) in [6.45, 7) is 7.40. The molecule has 1 fully saturated rings. The van der Waals surface area contributed by atoms with Gasteiger partial charge >= 0.3 is 12.0 Å². The molecule has 0 aromatic carbocycles. The molecule has 116 valence electrons. The van der Waals surface area contributed by atoms with Crippen molar-refractivity contribution in [3.05, 3.63) is 0 Å². The van der Waals surface area contributed by atoms with E-state index in [0.717, 1.165) is 25.7 Å². The Morgan fingerprint density at radius 1 is 1.25 bits per heavy atom. The summed E-state index contributed by atoms with van der Waals surface area (Å²) < 4.78 is 0. The molecule has 0 saturated heterocycles. The zero-order valence-corrected chi connectivity index (χ0v) is 12.9. The van der Waals surface area contributed by atoms with Gasteiger partial charge in [0.15, 0.2) is 0 Å². The van der Waals surface area contributed by atoms with Crippen LogP contribution in [0.4, 0.5) is 4.79 Å². The molecule has 0 aromatic heterocycles. The van der Waals surface area contributed by atoms with E-state index in [2.05, 4.69) is 19.2 Å². The predicted molar refractivity (Wildman–Crippen MR) is 78.7 cm³/mol. The fraction of sp³-hybridized carbons (Fsp3) is 0.867. The van der Waals surface area contributed by atoms with Crippen molar-refractivity contribution in [3.63, 3.8) is 0 Å². The molecule has 0 aliphatic heterocycles. The Morgan fingerprint density at radius 3 is 2.30 bits per heavy atom. The smallest absolute Gasteiger partial charge is 0.329 e. The predicted octanol–water partition coefficient (Wildman–Crippen LogP) is 2.85. The first-order chi connectivity index (χ1) is 9.45. The SMILES string of the molecule is CCC(C)CN(CC)C(=O)NC1(C(=O)O)CCCCC1. The minimum atomic E-state index is -1.06. The molecule has 0 spiro atoms. The third kappa shape index (κ3) is 4.12. The molecule has 2 amide bonds. The van der Waals surface area contributed by atoms with Crippen molar-refractivity contribution in [2.75, 3.05) is 13.1 Å². The lowest BCUT2D eigenvalue weighted by Crippen LogP contribution is -2.59. The molecule has 5 heteroatoms. The molecule has 0 radical (unpaired) electrons. The number of urea groups is 1. The van der Waals surface area contributed by atoms with Gasteiger partial charge in [-0.2, -0.15) is 0 Å². The maximum atomic E-state index is 12.4. The highest BCUT2D eigenvalue weighted by atomic mass is 16.4. The van der Waals surface area contributed by atoms with Gasteiger partial charge in [-0.3, -0.25) is 0 Å². The van der Waals surface area contributed by atoms with Gasteiger partial charge in [-0.15, -0.1) is 0 Å². The van der Waals surface area contributed by atoms with E-state index in [1.54, 1.807) is 4.90 Å². The van der Waals surface area contributed by atoms with Crippen LogP contribution in [0.5, 0.6) is 0 Å². The molecular formula is C15H28N2O3. The lowest BCUT2D eigenvalue weighted by atomic mass is 9.82. The van der Waals surface area contributed by atoms with Crippen LogP contribution < -0.4 is 5.32 Å². The van der Waals surface area contributed by atoms with Gasteiger partial charge in [0.1, 0.15) is 5.54 Å². The van der Waals surface area contributed by atoms with E-state index in [1.165, 1.54) is 0 Å². The first-order valence-electron chi connectivity index (χ1n) is 7.75. The van der Waals surface area contributed by atoms with Crippen LogP contribution >= 0.6 is 0 Å². The van der Waals surface area contributed by atoms with Crippen LogP contribution in [-0.4, -0.2) is 40.6 Å². The number of rotatable bonds is 6. The lowest BCUT2D eigenvalue weighted by Gasteiger charge is -2.36. The van der Waals surface area contributed by atoms with E-state index in [1.807, 2.05) is 6.92 Å². The van der Waals surface area contributed by atoms with Crippen molar-refractivity contribution in [3.8, 4) is 0 Å². The normalized spacial score (nSPS) is 19.1. The summed E-state index contributed by atoms with van der Waals surface area (Å²) in [6.07, 6.45) is 4.86. The molecule has 1 unspecified atom stereocenters. The van der Waals surface area contributed by atoms with E-state index in [9.17, 15) is 14.7 Å². The van der Waals surface area contributed by atoms with Crippen molar-refractivity contribution in [1.29, 1.82) is 0 Å². The van der Waals surface area contributed by atoms with Gasteiger partial charge in [-0.1, -0.05) is 39.5 Å². The van der Waals surface area contributed by atoms with Crippen LogP contribution in [0.3, 0.4) is 0 Å². The van der Waals surface area contributed by atoms with E-state index in [-0.39, 0.29) is 6.03 Å². The number of hydrogen-bond acceptors (Lipinski definition) is 2. The second-order valence-corrected chi connectivity index (χ2v) is 5.93. The van der Waals surface area contributed by atoms with Crippen LogP contribution in [0.25, 0.3) is 0 Å². The number of aliphatic carboxylic acids is 1. The molecule has 1 aliphatic carbocycles. The molecule has 0 heterocycles. The number of nitrogens with zero attached hydrogens (tertiary/aromatic N) is 1. The molecule has 2 N–H and O–H groups in total. The van der Waals surface area contributed by atoms with Crippen molar-refractivity contribution >= 4 is 12.0 Å². The molecule has 0 bridgehead atoms. The molecule has 0 aromatic rings. The molecule has 1 aliphatic rings. The minimum absolute atomic E-state index is 0.239. The number of hydrogen-bond donors (Lipinski definition) is 2. The maximum absolute atomic E-state index is 12.4. The maximum Gasteiger partial charge on any atom is 0.329 e. The first kappa shape index (κ1) is 16.8. The van der Waals surface area contributed by atoms with E-state index in [4.69, 9.17) is 0 Å². The van der Waals surface area contributed by atoms with Gasteiger partial charge in [-0.25, -0.2) is 9.59 Å². The molecular weight excluding hydrogens is 256 g/mol. The summed E-state index contributed by atoms with van der Waals surface area (Å²) in [5.41, 5.74) is -1.06. The molecule has 1 saturated carbocycles. The van der Waals surface area contributed by atoms with Crippen LogP contribution in [0.1, 0.15) is 59.3 Å². The summed E-state index contributed by atoms with van der Waals surface area (Å²) in [5.74, 6) is -0.474. The Labute approximate surface area is 121 Å². The topological polar surface area (TPSA) is 69.6 Å². The highest BCUT2D eigenvalue weighted by Crippen LogP contribution is 2.28. The molecule has 20 heavy (non-hydrogen) atoms. The van der Waals surface area contributed by atoms with Gasteiger partial charge in [-0.05, 0) is 25.7 Å². The number of carbonyl (C=O) groups is 2. The minimum Gasteiger partial charge on any atom is -0.480 e. The number of amides is 2. The lowest BCUT2D eigenvalue weighted by molar-refractivity contribution is -0.146. The number of carboxylic acid groups (broad SMARTS) is 1. The van der Waals surface area contributed by atoms with Gasteiger partial charge in [0, 0.05) is 13.1 Å². The molecule has 5 nitrogen and oxygen atoms in total. The van der Waals surface area contributed by atoms with Crippen LogP contribution in [0.15, 0.2) is 0 Å². The zero-order chi connectivity index (χ0) is 15.2. The van der Waals surface area contributed by atoms with Crippen molar-refractivity contribution in [1.82, 2.24) is 10.2 Å². The van der Waals surface area contributed by atoms with E-state index < -0.39 is 11.5 Å². The summed E-state index contributed by atoms with van der Waals surface area (Å²) in [4.78, 5) is 25.6. The Morgan fingerprint density at radius 2 is 1.85 bits per heavy atom. The highest BCUT2D eigenvalue weighted by Gasteiger charge is 2.41. The fourth-order valence-electron chi connectivity index (χ4n) is 2.69. The zero-order valence-electron chi connectivity index (χ0n) is 12.9. The van der Waals surface area contributed by atoms with Crippen molar-refractivity contribution in [2.24, 2.45) is 5.92 Å². The number of carbonyl (C=O) groups excluding carboxylic acids is 1. The van der Waals surface area contributed by atoms with Crippen molar-refractivity contribution in [2.45, 2.75) is 64.8 Å². The summed E-state index contributed by atoms with van der Waals surface area (Å²) in [5, 5.41) is 12.3. The van der Waals surface area contributed by atoms with Crippen molar-refractivity contribution < 1.29 is 14.7 Å². The largest absolute Gasteiger partial charge is 0.480 e. The Bertz CT molecular complexity index is 338. The van der Waals surface area contributed by atoms with Crippen LogP contribution in [0, 0.1) is 5.92 Å². The molecule has 1 rings (SSSR count). The fourth-order valence-corrected chi connectivity index (χ4v) is 2.69. The molecule has 1 atom stereocenters. The Hall–Kier alpha value is -1.26. The summed E-state index contributed by atoms with van der Waals surface area (Å²) in [6, 6.07) is -0.239. The second kappa shape index (κ2) is 7.50. The third-order valence-electron chi connectivity index (χ3n) is 4.36. The average Bonchev–Trinajstić information content (AvgIpc) is 2.45. The standard InChI is InChI=1S/C15H28N2O3/c1-4-12(3)11-17(5-2)14(20)16-15(13(18)19)9-7-6-8-10-15/h12H,4-11H2,1-3H3,(H,16,20)(H,18,19). The van der Waals surface area contributed by atoms with Gasteiger partial charge in [0.05, 0.1) is 0 Å². The Kier molecular flexibility index (Phi) is 6.30. The summed E-state index contributed by atoms with van der Waals surface area (Å²) in [7, 11) is 0. The second-order valence-electron chi connectivity index (χ2n) is 5.93. The highest BCUT2D eigenvalue weighted by molar-refractivity contribution is 5.86. The quantitative estimate of drug-likeness (QED) is 0.788. The van der Waals surface area contributed by atoms with Gasteiger partial charge < -0.3 is 15.3 Å². The summed E-state index contributed by atoms with van der Waals surface area (Å²) >= 11 is 0. The van der Waals surface area contributed by atoms with Crippen LogP contribution in [-0.2, 0) is 4.79 Å². The third-order valence-corrected chi connectivity index (χ3v) is 4.36. The first-order valence-corrected chi connectivity index (χ1v) is 7.75.